The van der Waals surface area contributed by atoms with E-state index in [1.807, 2.05) is 20.8 Å². The molecule has 2 aromatic heterocycles. The number of fused-ring (bicyclic) bond motifs is 1. The van der Waals surface area contributed by atoms with Gasteiger partial charge in [-0.25, -0.2) is 9.78 Å². The number of carbonyl (C=O) groups excluding carboxylic acids is 1. The van der Waals surface area contributed by atoms with Gasteiger partial charge in [-0.1, -0.05) is 27.2 Å². The second-order valence-corrected chi connectivity index (χ2v) is 6.12. The minimum absolute atomic E-state index is 0.0246. The first-order valence-corrected chi connectivity index (χ1v) is 9.10. The molecule has 0 saturated heterocycles. The molecule has 0 radical (unpaired) electrons. The first-order chi connectivity index (χ1) is 12.5. The second-order valence-electron chi connectivity index (χ2n) is 6.12. The monoisotopic (exact) mass is 361 g/mol. The number of ether oxygens (including phenoxy) is 2. The molecule has 0 bridgehead atoms. The molecule has 0 aromatic carbocycles. The van der Waals surface area contributed by atoms with Crippen LogP contribution in [0, 0.1) is 0 Å². The average Bonchev–Trinajstić information content (AvgIpc) is 2.65. The van der Waals surface area contributed by atoms with E-state index in [9.17, 15) is 9.59 Å². The third kappa shape index (κ3) is 4.33. The predicted molar refractivity (Wildman–Crippen MR) is 101 cm³/mol. The molecule has 1 N–H and O–H groups in total. The highest BCUT2D eigenvalue weighted by molar-refractivity contribution is 5.89. The lowest BCUT2D eigenvalue weighted by molar-refractivity contribution is 0.200. The first-order valence-electron chi connectivity index (χ1n) is 9.10. The summed E-state index contributed by atoms with van der Waals surface area (Å²) in [7, 11) is 1.50. The maximum absolute atomic E-state index is 12.9. The van der Waals surface area contributed by atoms with Gasteiger partial charge in [0.05, 0.1) is 24.1 Å². The van der Waals surface area contributed by atoms with Gasteiger partial charge in [0, 0.05) is 24.8 Å². The van der Waals surface area contributed by atoms with Gasteiger partial charge in [0.1, 0.15) is 0 Å². The second kappa shape index (κ2) is 9.22. The molecule has 2 aromatic rings. The quantitative estimate of drug-likeness (QED) is 0.726. The van der Waals surface area contributed by atoms with Crippen molar-refractivity contribution in [3.05, 3.63) is 28.8 Å². The Balaban J connectivity index is 2.51. The summed E-state index contributed by atoms with van der Waals surface area (Å²) in [6.45, 7) is 6.64. The summed E-state index contributed by atoms with van der Waals surface area (Å²) in [5.41, 5.74) is -0.145. The Hall–Kier alpha value is -2.57. The molecule has 0 unspecified atom stereocenters. The van der Waals surface area contributed by atoms with Crippen LogP contribution in [0.15, 0.2) is 23.3 Å². The van der Waals surface area contributed by atoms with Gasteiger partial charge in [0.2, 0.25) is 5.88 Å². The minimum atomic E-state index is -0.537. The highest BCUT2D eigenvalue weighted by Gasteiger charge is 2.17. The third-order valence-corrected chi connectivity index (χ3v) is 4.41. The first kappa shape index (κ1) is 19.8. The molecule has 142 valence electrons. The number of hydrogen-bond donors (Lipinski definition) is 1. The van der Waals surface area contributed by atoms with Crippen molar-refractivity contribution in [1.29, 1.82) is 0 Å². The maximum Gasteiger partial charge on any atom is 0.412 e. The summed E-state index contributed by atoms with van der Waals surface area (Å²) < 4.78 is 12.3. The van der Waals surface area contributed by atoms with E-state index in [-0.39, 0.29) is 11.6 Å². The molecule has 2 heterocycles. The van der Waals surface area contributed by atoms with E-state index >= 15 is 0 Å². The molecule has 0 aliphatic carbocycles. The van der Waals surface area contributed by atoms with E-state index in [1.165, 1.54) is 13.3 Å². The van der Waals surface area contributed by atoms with Crippen LogP contribution in [0.4, 0.5) is 4.79 Å². The number of carbonyl (C=O) groups is 1. The van der Waals surface area contributed by atoms with Crippen molar-refractivity contribution >= 4 is 16.9 Å². The van der Waals surface area contributed by atoms with Crippen LogP contribution in [0.3, 0.4) is 0 Å². The number of pyridine rings is 2. The van der Waals surface area contributed by atoms with Crippen LogP contribution in [-0.4, -0.2) is 29.3 Å². The molecule has 2 rings (SSSR count). The van der Waals surface area contributed by atoms with Crippen LogP contribution in [0.1, 0.15) is 52.5 Å². The largest absolute Gasteiger partial charge is 0.481 e. The van der Waals surface area contributed by atoms with Crippen LogP contribution in [0.25, 0.3) is 10.8 Å². The van der Waals surface area contributed by atoms with E-state index in [4.69, 9.17) is 9.47 Å². The fourth-order valence-corrected chi connectivity index (χ4v) is 2.85. The van der Waals surface area contributed by atoms with Gasteiger partial charge in [0.15, 0.2) is 5.75 Å². The van der Waals surface area contributed by atoms with Crippen molar-refractivity contribution in [2.75, 3.05) is 13.7 Å². The van der Waals surface area contributed by atoms with Gasteiger partial charge in [-0.2, -0.15) is 0 Å². The number of methoxy groups -OCH3 is 1. The molecule has 0 fully saturated rings. The fourth-order valence-electron chi connectivity index (χ4n) is 2.85. The molecule has 7 nitrogen and oxygen atoms in total. The molecule has 0 atom stereocenters. The van der Waals surface area contributed by atoms with Crippen LogP contribution < -0.4 is 20.3 Å². The van der Waals surface area contributed by atoms with Crippen molar-refractivity contribution in [3.63, 3.8) is 0 Å². The molecular formula is C19H27N3O4. The number of rotatable bonds is 8. The molecule has 1 amide bonds. The highest BCUT2D eigenvalue weighted by atomic mass is 16.6. The number of aromatic nitrogens is 2. The minimum Gasteiger partial charge on any atom is -0.481 e. The third-order valence-electron chi connectivity index (χ3n) is 4.41. The van der Waals surface area contributed by atoms with Crippen LogP contribution in [0.2, 0.25) is 0 Å². The van der Waals surface area contributed by atoms with Gasteiger partial charge in [-0.3, -0.25) is 4.79 Å². The van der Waals surface area contributed by atoms with E-state index in [0.29, 0.717) is 28.9 Å². The smallest absolute Gasteiger partial charge is 0.412 e. The van der Waals surface area contributed by atoms with Crippen molar-refractivity contribution in [2.24, 2.45) is 0 Å². The van der Waals surface area contributed by atoms with E-state index in [2.05, 4.69) is 10.3 Å². The van der Waals surface area contributed by atoms with Crippen molar-refractivity contribution in [2.45, 2.75) is 52.5 Å². The fraction of sp³-hybridized carbons (Fsp3) is 0.526. The zero-order valence-corrected chi connectivity index (χ0v) is 15.9. The Morgan fingerprint density at radius 1 is 1.27 bits per heavy atom. The SMILES string of the molecule is CCCCNC(=O)Oc1cn(C(CC)CC)c(=O)c2cc(OC)ncc12. The van der Waals surface area contributed by atoms with E-state index in [1.54, 1.807) is 16.8 Å². The molecule has 26 heavy (non-hydrogen) atoms. The van der Waals surface area contributed by atoms with Gasteiger partial charge in [-0.15, -0.1) is 0 Å². The van der Waals surface area contributed by atoms with Crippen LogP contribution in [0.5, 0.6) is 11.6 Å². The molecule has 0 spiro atoms. The summed E-state index contributed by atoms with van der Waals surface area (Å²) in [6, 6.07) is 1.61. The van der Waals surface area contributed by atoms with Crippen LogP contribution >= 0.6 is 0 Å². The predicted octanol–water partition coefficient (Wildman–Crippen LogP) is 3.65. The summed E-state index contributed by atoms with van der Waals surface area (Å²) in [4.78, 5) is 29.2. The summed E-state index contributed by atoms with van der Waals surface area (Å²) in [5, 5.41) is 3.63. The van der Waals surface area contributed by atoms with Crippen molar-refractivity contribution in [3.8, 4) is 11.6 Å². The Morgan fingerprint density at radius 3 is 2.62 bits per heavy atom. The highest BCUT2D eigenvalue weighted by Crippen LogP contribution is 2.27. The van der Waals surface area contributed by atoms with Gasteiger partial charge >= 0.3 is 6.09 Å². The Labute approximate surface area is 153 Å². The van der Waals surface area contributed by atoms with E-state index < -0.39 is 6.09 Å². The Morgan fingerprint density at radius 2 is 2.00 bits per heavy atom. The molecule has 7 heteroatoms. The normalized spacial score (nSPS) is 11.0. The number of amides is 1. The average molecular weight is 361 g/mol. The summed E-state index contributed by atoms with van der Waals surface area (Å²) in [5.74, 6) is 0.658. The lowest BCUT2D eigenvalue weighted by Crippen LogP contribution is -2.29. The maximum atomic E-state index is 12.9. The number of hydrogen-bond acceptors (Lipinski definition) is 5. The topological polar surface area (TPSA) is 82.5 Å². The zero-order valence-electron chi connectivity index (χ0n) is 15.9. The molecule has 0 aliphatic rings. The van der Waals surface area contributed by atoms with Crippen LogP contribution in [-0.2, 0) is 0 Å². The van der Waals surface area contributed by atoms with E-state index in [0.717, 1.165) is 25.7 Å². The van der Waals surface area contributed by atoms with Gasteiger partial charge in [-0.05, 0) is 19.3 Å². The molecule has 0 saturated carbocycles. The Kier molecular flexibility index (Phi) is 7.00. The lowest BCUT2D eigenvalue weighted by atomic mass is 10.1. The van der Waals surface area contributed by atoms with Crippen molar-refractivity contribution in [1.82, 2.24) is 14.9 Å². The number of nitrogens with zero attached hydrogens (tertiary/aromatic N) is 2. The number of unbranched alkanes of at least 4 members (excludes halogenated alkanes) is 1. The van der Waals surface area contributed by atoms with Gasteiger partial charge in [0.25, 0.3) is 5.56 Å². The Bertz CT molecular complexity index is 812. The number of nitrogens with one attached hydrogen (secondary N) is 1. The standard InChI is InChI=1S/C19H27N3O4/c1-5-8-9-20-19(24)26-16-12-22(13(6-2)7-3)18(23)14-10-17(25-4)21-11-15(14)16/h10-13H,5-9H2,1-4H3,(H,20,24). The lowest BCUT2D eigenvalue weighted by Gasteiger charge is -2.19. The summed E-state index contributed by atoms with van der Waals surface area (Å²) in [6.07, 6.45) is 6.02. The van der Waals surface area contributed by atoms with Crippen molar-refractivity contribution < 1.29 is 14.3 Å². The molecular weight excluding hydrogens is 334 g/mol. The zero-order chi connectivity index (χ0) is 19.1. The summed E-state index contributed by atoms with van der Waals surface area (Å²) >= 11 is 0. The van der Waals surface area contributed by atoms with Gasteiger partial charge < -0.3 is 19.4 Å². The molecule has 0 aliphatic heterocycles.